The summed E-state index contributed by atoms with van der Waals surface area (Å²) in [5.41, 5.74) is 0. The third kappa shape index (κ3) is 4.84. The van der Waals surface area contributed by atoms with Gasteiger partial charge in [-0.05, 0) is 18.8 Å². The molecule has 0 spiro atoms. The number of nitrogens with one attached hydrogen (secondary N) is 1. The summed E-state index contributed by atoms with van der Waals surface area (Å²) in [4.78, 5) is 32.7. The lowest BCUT2D eigenvalue weighted by Gasteiger charge is -2.14. The summed E-state index contributed by atoms with van der Waals surface area (Å²) < 4.78 is 0. The SMILES string of the molecule is O=C(O)CC(NC(=O)CC1CCCC1)C(=O)O. The molecule has 1 aliphatic rings. The van der Waals surface area contributed by atoms with Crippen LogP contribution in [0.25, 0.3) is 0 Å². The summed E-state index contributed by atoms with van der Waals surface area (Å²) in [5, 5.41) is 19.5. The van der Waals surface area contributed by atoms with Crippen LogP contribution in [0.5, 0.6) is 0 Å². The highest BCUT2D eigenvalue weighted by Gasteiger charge is 2.25. The van der Waals surface area contributed by atoms with Crippen LogP contribution in [0.2, 0.25) is 0 Å². The van der Waals surface area contributed by atoms with Gasteiger partial charge < -0.3 is 15.5 Å². The largest absolute Gasteiger partial charge is 0.481 e. The fourth-order valence-electron chi connectivity index (χ4n) is 2.10. The normalized spacial score (nSPS) is 17.6. The predicted octanol–water partition coefficient (Wildman–Crippen LogP) is 0.611. The van der Waals surface area contributed by atoms with Crippen LogP contribution < -0.4 is 5.32 Å². The second-order valence-electron chi connectivity index (χ2n) is 4.41. The van der Waals surface area contributed by atoms with Crippen molar-refractivity contribution in [3.63, 3.8) is 0 Å². The zero-order chi connectivity index (χ0) is 12.8. The molecule has 0 aromatic heterocycles. The first-order valence-electron chi connectivity index (χ1n) is 5.73. The highest BCUT2D eigenvalue weighted by atomic mass is 16.4. The van der Waals surface area contributed by atoms with Crippen molar-refractivity contribution in [1.82, 2.24) is 5.32 Å². The van der Waals surface area contributed by atoms with Gasteiger partial charge in [-0.25, -0.2) is 4.79 Å². The van der Waals surface area contributed by atoms with Gasteiger partial charge in [0.05, 0.1) is 6.42 Å². The number of aliphatic carboxylic acids is 2. The van der Waals surface area contributed by atoms with Crippen LogP contribution in [0.15, 0.2) is 0 Å². The monoisotopic (exact) mass is 243 g/mol. The second-order valence-corrected chi connectivity index (χ2v) is 4.41. The highest BCUT2D eigenvalue weighted by molar-refractivity contribution is 5.86. The molecule has 1 fully saturated rings. The Morgan fingerprint density at radius 1 is 1.18 bits per heavy atom. The van der Waals surface area contributed by atoms with Gasteiger partial charge in [-0.15, -0.1) is 0 Å². The number of amides is 1. The van der Waals surface area contributed by atoms with Gasteiger partial charge in [0.2, 0.25) is 5.91 Å². The molecule has 1 saturated carbocycles. The summed E-state index contributed by atoms with van der Waals surface area (Å²) in [5.74, 6) is -2.61. The second kappa shape index (κ2) is 6.22. The van der Waals surface area contributed by atoms with E-state index in [0.717, 1.165) is 25.7 Å². The predicted molar refractivity (Wildman–Crippen MR) is 58.4 cm³/mol. The van der Waals surface area contributed by atoms with Crippen molar-refractivity contribution in [3.05, 3.63) is 0 Å². The van der Waals surface area contributed by atoms with Gasteiger partial charge >= 0.3 is 11.9 Å². The average molecular weight is 243 g/mol. The molecule has 0 aromatic rings. The molecule has 96 valence electrons. The highest BCUT2D eigenvalue weighted by Crippen LogP contribution is 2.27. The summed E-state index contributed by atoms with van der Waals surface area (Å²) in [6, 6.07) is -1.33. The van der Waals surface area contributed by atoms with Crippen LogP contribution in [0.1, 0.15) is 38.5 Å². The van der Waals surface area contributed by atoms with Gasteiger partial charge in [-0.3, -0.25) is 9.59 Å². The molecular weight excluding hydrogens is 226 g/mol. The van der Waals surface area contributed by atoms with Crippen molar-refractivity contribution in [2.45, 2.75) is 44.6 Å². The molecular formula is C11H17NO5. The fourth-order valence-corrected chi connectivity index (χ4v) is 2.10. The number of carbonyl (C=O) groups excluding carboxylic acids is 1. The summed E-state index contributed by atoms with van der Waals surface area (Å²) in [7, 11) is 0. The fraction of sp³-hybridized carbons (Fsp3) is 0.727. The van der Waals surface area contributed by atoms with E-state index in [2.05, 4.69) is 5.32 Å². The number of hydrogen-bond acceptors (Lipinski definition) is 3. The molecule has 1 unspecified atom stereocenters. The maximum absolute atomic E-state index is 11.5. The lowest BCUT2D eigenvalue weighted by molar-refractivity contribution is -0.147. The Hall–Kier alpha value is -1.59. The summed E-state index contributed by atoms with van der Waals surface area (Å²) in [6.45, 7) is 0. The van der Waals surface area contributed by atoms with Crippen molar-refractivity contribution < 1.29 is 24.6 Å². The first-order valence-corrected chi connectivity index (χ1v) is 5.73. The number of carboxylic acids is 2. The third-order valence-corrected chi connectivity index (χ3v) is 2.96. The summed E-state index contributed by atoms with van der Waals surface area (Å²) >= 11 is 0. The molecule has 0 radical (unpaired) electrons. The number of carboxylic acid groups (broad SMARTS) is 2. The molecule has 1 aliphatic carbocycles. The quantitative estimate of drug-likeness (QED) is 0.634. The first-order chi connectivity index (χ1) is 7.99. The van der Waals surface area contributed by atoms with E-state index in [1.807, 2.05) is 0 Å². The minimum atomic E-state index is -1.33. The Bertz CT molecular complexity index is 309. The number of carbonyl (C=O) groups is 3. The molecule has 0 bridgehead atoms. The van der Waals surface area contributed by atoms with Crippen LogP contribution in [-0.2, 0) is 14.4 Å². The van der Waals surface area contributed by atoms with E-state index in [1.54, 1.807) is 0 Å². The Morgan fingerprint density at radius 3 is 2.24 bits per heavy atom. The van der Waals surface area contributed by atoms with Crippen LogP contribution in [0.3, 0.4) is 0 Å². The molecule has 1 amide bonds. The van der Waals surface area contributed by atoms with Gasteiger partial charge in [-0.2, -0.15) is 0 Å². The Balaban J connectivity index is 2.40. The lowest BCUT2D eigenvalue weighted by atomic mass is 10.0. The van der Waals surface area contributed by atoms with Crippen LogP contribution in [0, 0.1) is 5.92 Å². The number of hydrogen-bond donors (Lipinski definition) is 3. The van der Waals surface area contributed by atoms with Gasteiger partial charge in [0.1, 0.15) is 6.04 Å². The maximum atomic E-state index is 11.5. The number of rotatable bonds is 6. The van der Waals surface area contributed by atoms with Crippen molar-refractivity contribution in [1.29, 1.82) is 0 Å². The zero-order valence-electron chi connectivity index (χ0n) is 9.52. The standard InChI is InChI=1S/C11H17NO5/c13-9(5-7-3-1-2-4-7)12-8(11(16)17)6-10(14)15/h7-8H,1-6H2,(H,12,13)(H,14,15)(H,16,17). The van der Waals surface area contributed by atoms with E-state index in [0.29, 0.717) is 12.3 Å². The van der Waals surface area contributed by atoms with E-state index >= 15 is 0 Å². The molecule has 0 saturated heterocycles. The Labute approximate surface area is 99.0 Å². The van der Waals surface area contributed by atoms with Crippen molar-refractivity contribution >= 4 is 17.8 Å². The maximum Gasteiger partial charge on any atom is 0.326 e. The molecule has 3 N–H and O–H groups in total. The van der Waals surface area contributed by atoms with E-state index in [9.17, 15) is 14.4 Å². The van der Waals surface area contributed by atoms with Gasteiger partial charge in [-0.1, -0.05) is 12.8 Å². The van der Waals surface area contributed by atoms with E-state index in [1.165, 1.54) is 0 Å². The zero-order valence-corrected chi connectivity index (χ0v) is 9.52. The molecule has 0 heterocycles. The Morgan fingerprint density at radius 2 is 1.76 bits per heavy atom. The van der Waals surface area contributed by atoms with Crippen LogP contribution in [-0.4, -0.2) is 34.1 Å². The van der Waals surface area contributed by atoms with E-state index in [-0.39, 0.29) is 5.91 Å². The van der Waals surface area contributed by atoms with Crippen LogP contribution >= 0.6 is 0 Å². The minimum absolute atomic E-state index is 0.295. The van der Waals surface area contributed by atoms with Gasteiger partial charge in [0, 0.05) is 6.42 Å². The molecule has 1 rings (SSSR count). The van der Waals surface area contributed by atoms with Crippen molar-refractivity contribution in [3.8, 4) is 0 Å². The summed E-state index contributed by atoms with van der Waals surface area (Å²) in [6.07, 6.45) is 3.90. The van der Waals surface area contributed by atoms with Gasteiger partial charge in [0.25, 0.3) is 0 Å². The Kier molecular flexibility index (Phi) is 4.93. The molecule has 0 aliphatic heterocycles. The molecule has 6 heteroatoms. The van der Waals surface area contributed by atoms with Gasteiger partial charge in [0.15, 0.2) is 0 Å². The lowest BCUT2D eigenvalue weighted by Crippen LogP contribution is -2.42. The molecule has 1 atom stereocenters. The topological polar surface area (TPSA) is 104 Å². The molecule has 0 aromatic carbocycles. The van der Waals surface area contributed by atoms with Crippen molar-refractivity contribution in [2.75, 3.05) is 0 Å². The van der Waals surface area contributed by atoms with E-state index in [4.69, 9.17) is 10.2 Å². The average Bonchev–Trinajstić information content (AvgIpc) is 2.68. The van der Waals surface area contributed by atoms with Crippen molar-refractivity contribution in [2.24, 2.45) is 5.92 Å². The van der Waals surface area contributed by atoms with E-state index < -0.39 is 24.4 Å². The third-order valence-electron chi connectivity index (χ3n) is 2.96. The molecule has 17 heavy (non-hydrogen) atoms. The molecule has 6 nitrogen and oxygen atoms in total. The van der Waals surface area contributed by atoms with Crippen LogP contribution in [0.4, 0.5) is 0 Å². The smallest absolute Gasteiger partial charge is 0.326 e. The first kappa shape index (κ1) is 13.5. The minimum Gasteiger partial charge on any atom is -0.481 e.